The first-order valence-electron chi connectivity index (χ1n) is 9.23. The van der Waals surface area contributed by atoms with Crippen LogP contribution in [0, 0.1) is 28.6 Å². The van der Waals surface area contributed by atoms with Crippen LogP contribution in [-0.4, -0.2) is 27.7 Å². The van der Waals surface area contributed by atoms with Crippen LogP contribution in [0.2, 0.25) is 0 Å². The molecule has 22 heavy (non-hydrogen) atoms. The third-order valence-corrected chi connectivity index (χ3v) is 8.62. The molecule has 3 heteroatoms. The third kappa shape index (κ3) is 1.67. The normalized spacial score (nSPS) is 57.9. The van der Waals surface area contributed by atoms with Crippen molar-refractivity contribution in [1.29, 1.82) is 0 Å². The lowest BCUT2D eigenvalue weighted by Crippen LogP contribution is -2.65. The van der Waals surface area contributed by atoms with Gasteiger partial charge in [0.1, 0.15) is 5.78 Å². The monoisotopic (exact) mass is 306 g/mol. The summed E-state index contributed by atoms with van der Waals surface area (Å²) in [5.41, 5.74) is -0.714. The van der Waals surface area contributed by atoms with E-state index >= 15 is 0 Å². The van der Waals surface area contributed by atoms with E-state index in [0.29, 0.717) is 36.4 Å². The summed E-state index contributed by atoms with van der Waals surface area (Å²) >= 11 is 0. The maximum absolute atomic E-state index is 11.9. The first-order valence-corrected chi connectivity index (χ1v) is 9.23. The van der Waals surface area contributed by atoms with Crippen LogP contribution >= 0.6 is 0 Å². The number of carbonyl (C=O) groups excluding carboxylic acids is 1. The fraction of sp³-hybridized carbons (Fsp3) is 0.947. The summed E-state index contributed by atoms with van der Waals surface area (Å²) in [5.74, 6) is 1.53. The van der Waals surface area contributed by atoms with Gasteiger partial charge in [-0.25, -0.2) is 0 Å². The molecule has 0 heterocycles. The predicted octanol–water partition coefficient (Wildman–Crippen LogP) is 3.07. The molecule has 4 fully saturated rings. The number of hydrogen-bond acceptors (Lipinski definition) is 3. The van der Waals surface area contributed by atoms with E-state index in [1.54, 1.807) is 0 Å². The van der Waals surface area contributed by atoms with Crippen molar-refractivity contribution >= 4 is 5.78 Å². The summed E-state index contributed by atoms with van der Waals surface area (Å²) in [7, 11) is 0. The quantitative estimate of drug-likeness (QED) is 0.723. The van der Waals surface area contributed by atoms with Crippen molar-refractivity contribution in [1.82, 2.24) is 0 Å². The molecular formula is C19H30O3. The molecule has 4 rings (SSSR count). The van der Waals surface area contributed by atoms with Gasteiger partial charge >= 0.3 is 0 Å². The number of hydrogen-bond donors (Lipinski definition) is 2. The Balaban J connectivity index is 1.71. The zero-order chi connectivity index (χ0) is 15.8. The number of rotatable bonds is 0. The summed E-state index contributed by atoms with van der Waals surface area (Å²) < 4.78 is 0. The summed E-state index contributed by atoms with van der Waals surface area (Å²) in [4.78, 5) is 11.9. The van der Waals surface area contributed by atoms with Crippen LogP contribution in [0.4, 0.5) is 0 Å². The molecule has 2 unspecified atom stereocenters. The minimum Gasteiger partial charge on any atom is -0.393 e. The Morgan fingerprint density at radius 3 is 2.50 bits per heavy atom. The minimum absolute atomic E-state index is 0.00454. The van der Waals surface area contributed by atoms with Crippen molar-refractivity contribution in [3.8, 4) is 0 Å². The SMILES string of the molecule is C[C@]12CCC(=O)CC1CC[C@H]1[C@@H]3CCC(O)[C@@]3(C)CC[C@]12O. The van der Waals surface area contributed by atoms with Gasteiger partial charge in [-0.2, -0.15) is 0 Å². The predicted molar refractivity (Wildman–Crippen MR) is 84.2 cm³/mol. The second kappa shape index (κ2) is 4.57. The molecule has 4 saturated carbocycles. The highest BCUT2D eigenvalue weighted by Gasteiger charge is 2.66. The van der Waals surface area contributed by atoms with E-state index in [4.69, 9.17) is 0 Å². The highest BCUT2D eigenvalue weighted by molar-refractivity contribution is 5.79. The van der Waals surface area contributed by atoms with Crippen molar-refractivity contribution in [2.24, 2.45) is 28.6 Å². The van der Waals surface area contributed by atoms with Crippen LogP contribution in [0.25, 0.3) is 0 Å². The van der Waals surface area contributed by atoms with Gasteiger partial charge in [-0.3, -0.25) is 4.79 Å². The molecule has 3 nitrogen and oxygen atoms in total. The molecule has 0 aromatic rings. The van der Waals surface area contributed by atoms with Crippen molar-refractivity contribution in [3.63, 3.8) is 0 Å². The minimum atomic E-state index is -0.620. The van der Waals surface area contributed by atoms with Crippen molar-refractivity contribution in [2.75, 3.05) is 0 Å². The summed E-state index contributed by atoms with van der Waals surface area (Å²) in [6.07, 6.45) is 7.80. The van der Waals surface area contributed by atoms with Crippen LogP contribution in [0.3, 0.4) is 0 Å². The van der Waals surface area contributed by atoms with Gasteiger partial charge in [-0.1, -0.05) is 13.8 Å². The fourth-order valence-electron chi connectivity index (χ4n) is 6.96. The molecule has 2 N–H and O–H groups in total. The van der Waals surface area contributed by atoms with E-state index in [9.17, 15) is 15.0 Å². The molecular weight excluding hydrogens is 276 g/mol. The number of ketones is 1. The molecule has 124 valence electrons. The van der Waals surface area contributed by atoms with Crippen molar-refractivity contribution in [3.05, 3.63) is 0 Å². The van der Waals surface area contributed by atoms with E-state index in [-0.39, 0.29) is 16.9 Å². The number of carbonyl (C=O) groups is 1. The Hall–Kier alpha value is -0.410. The van der Waals surface area contributed by atoms with Gasteiger partial charge in [0.25, 0.3) is 0 Å². The Bertz CT molecular complexity index is 503. The molecule has 0 bridgehead atoms. The summed E-state index contributed by atoms with van der Waals surface area (Å²) in [6, 6.07) is 0. The first-order chi connectivity index (χ1) is 10.3. The van der Waals surface area contributed by atoms with Gasteiger partial charge in [0.05, 0.1) is 11.7 Å². The first kappa shape index (κ1) is 15.1. The standard InChI is InChI=1S/C19H30O3/c1-17-9-10-19(22)15(14(17)5-6-16(17)21)4-3-12-11-13(20)7-8-18(12,19)2/h12,14-16,21-22H,3-11H2,1-2H3/t12?,14-,15-,16?,17-,18-,19-/m0/s1. The molecule has 0 amide bonds. The van der Waals surface area contributed by atoms with E-state index in [2.05, 4.69) is 13.8 Å². The number of fused-ring (bicyclic) bond motifs is 5. The smallest absolute Gasteiger partial charge is 0.133 e. The highest BCUT2D eigenvalue weighted by Crippen LogP contribution is 2.67. The number of aliphatic hydroxyl groups excluding tert-OH is 1. The van der Waals surface area contributed by atoms with Crippen LogP contribution in [0.5, 0.6) is 0 Å². The van der Waals surface area contributed by atoms with Crippen LogP contribution < -0.4 is 0 Å². The molecule has 0 radical (unpaired) electrons. The van der Waals surface area contributed by atoms with E-state index in [1.165, 1.54) is 0 Å². The Labute approximate surface area is 133 Å². The summed E-state index contributed by atoms with van der Waals surface area (Å²) in [5, 5.41) is 22.2. The third-order valence-electron chi connectivity index (χ3n) is 8.62. The topological polar surface area (TPSA) is 57.5 Å². The lowest BCUT2D eigenvalue weighted by molar-refractivity contribution is -0.235. The molecule has 4 aliphatic rings. The molecule has 0 saturated heterocycles. The fourth-order valence-corrected chi connectivity index (χ4v) is 6.96. The Morgan fingerprint density at radius 1 is 1.00 bits per heavy atom. The Kier molecular flexibility index (Phi) is 3.14. The van der Waals surface area contributed by atoms with Crippen LogP contribution in [0.15, 0.2) is 0 Å². The Morgan fingerprint density at radius 2 is 1.73 bits per heavy atom. The molecule has 0 aromatic heterocycles. The molecule has 0 spiro atoms. The van der Waals surface area contributed by atoms with Gasteiger partial charge in [0.2, 0.25) is 0 Å². The zero-order valence-corrected chi connectivity index (χ0v) is 14.0. The second-order valence-corrected chi connectivity index (χ2v) is 9.17. The average molecular weight is 306 g/mol. The molecule has 0 aromatic carbocycles. The summed E-state index contributed by atoms with van der Waals surface area (Å²) in [6.45, 7) is 4.50. The van der Waals surface area contributed by atoms with Gasteiger partial charge in [0, 0.05) is 18.3 Å². The van der Waals surface area contributed by atoms with Gasteiger partial charge in [0.15, 0.2) is 0 Å². The van der Waals surface area contributed by atoms with Gasteiger partial charge in [-0.05, 0) is 68.1 Å². The van der Waals surface area contributed by atoms with Crippen LogP contribution in [0.1, 0.15) is 71.6 Å². The average Bonchev–Trinajstić information content (AvgIpc) is 2.77. The second-order valence-electron chi connectivity index (χ2n) is 9.17. The van der Waals surface area contributed by atoms with E-state index in [0.717, 1.165) is 44.9 Å². The van der Waals surface area contributed by atoms with Crippen molar-refractivity contribution < 1.29 is 15.0 Å². The molecule has 4 aliphatic carbocycles. The van der Waals surface area contributed by atoms with E-state index in [1.807, 2.05) is 0 Å². The van der Waals surface area contributed by atoms with Gasteiger partial charge < -0.3 is 10.2 Å². The lowest BCUT2D eigenvalue weighted by atomic mass is 9.43. The highest BCUT2D eigenvalue weighted by atomic mass is 16.3. The maximum atomic E-state index is 11.9. The van der Waals surface area contributed by atoms with Crippen LogP contribution in [-0.2, 0) is 4.79 Å². The zero-order valence-electron chi connectivity index (χ0n) is 14.0. The largest absolute Gasteiger partial charge is 0.393 e. The van der Waals surface area contributed by atoms with Gasteiger partial charge in [-0.15, -0.1) is 0 Å². The lowest BCUT2D eigenvalue weighted by Gasteiger charge is -2.64. The number of aliphatic hydroxyl groups is 2. The van der Waals surface area contributed by atoms with E-state index < -0.39 is 5.60 Å². The molecule has 7 atom stereocenters. The number of Topliss-reactive ketones (excluding diaryl/α,β-unsaturated/α-hetero) is 1. The maximum Gasteiger partial charge on any atom is 0.133 e. The molecule has 0 aliphatic heterocycles. The van der Waals surface area contributed by atoms with Crippen molar-refractivity contribution in [2.45, 2.75) is 83.3 Å².